The van der Waals surface area contributed by atoms with Crippen LogP contribution < -0.4 is 10.6 Å². The van der Waals surface area contributed by atoms with Crippen LogP contribution in [0.15, 0.2) is 48.9 Å². The molecule has 10 heteroatoms. The first kappa shape index (κ1) is 20.3. The molecule has 0 fully saturated rings. The van der Waals surface area contributed by atoms with Crippen LogP contribution in [0.25, 0.3) is 0 Å². The summed E-state index contributed by atoms with van der Waals surface area (Å²) in [6.45, 7) is 0.782. The van der Waals surface area contributed by atoms with E-state index in [-0.39, 0.29) is 18.7 Å². The van der Waals surface area contributed by atoms with Crippen molar-refractivity contribution in [3.05, 3.63) is 60.2 Å². The fourth-order valence-corrected chi connectivity index (χ4v) is 2.26. The topological polar surface area (TPSA) is 97.8 Å². The zero-order valence-corrected chi connectivity index (χ0v) is 14.4. The number of aromatic nitrogens is 2. The van der Waals surface area contributed by atoms with Gasteiger partial charge in [0, 0.05) is 18.6 Å². The van der Waals surface area contributed by atoms with Crippen molar-refractivity contribution in [3.8, 4) is 0 Å². The number of carbonyl (C=O) groups is 2. The van der Waals surface area contributed by atoms with Crippen LogP contribution in [-0.2, 0) is 16.1 Å². The molecule has 2 heterocycles. The van der Waals surface area contributed by atoms with Gasteiger partial charge in [-0.05, 0) is 31.2 Å². The van der Waals surface area contributed by atoms with E-state index in [9.17, 15) is 22.8 Å². The maximum absolute atomic E-state index is 13.9. The Morgan fingerprint density at radius 2 is 1.96 bits per heavy atom. The van der Waals surface area contributed by atoms with Crippen molar-refractivity contribution < 1.29 is 32.8 Å². The van der Waals surface area contributed by atoms with Gasteiger partial charge < -0.3 is 10.1 Å². The highest BCUT2D eigenvalue weighted by Gasteiger charge is 2.67. The van der Waals surface area contributed by atoms with E-state index in [0.29, 0.717) is 11.0 Å². The number of nitrogens with zero attached hydrogens (tertiary/aromatic N) is 2. The minimum atomic E-state index is -5.13. The summed E-state index contributed by atoms with van der Waals surface area (Å²) < 4.78 is 46.5. The lowest BCUT2D eigenvalue weighted by molar-refractivity contribution is -0.757. The number of nitrogens with two attached hydrogens (primary N) is 1. The molecule has 7 nitrogen and oxygen atoms in total. The molecule has 0 radical (unpaired) electrons. The first-order valence-corrected chi connectivity index (χ1v) is 8.01. The molecule has 144 valence electrons. The molecule has 1 amide bonds. The second-order valence-corrected chi connectivity index (χ2v) is 5.45. The van der Waals surface area contributed by atoms with Gasteiger partial charge in [-0.2, -0.15) is 13.2 Å². The Morgan fingerprint density at radius 3 is 2.52 bits per heavy atom. The van der Waals surface area contributed by atoms with Crippen LogP contribution >= 0.6 is 0 Å². The van der Waals surface area contributed by atoms with E-state index < -0.39 is 23.7 Å². The third kappa shape index (κ3) is 4.79. The van der Waals surface area contributed by atoms with Gasteiger partial charge in [-0.3, -0.25) is 20.1 Å². The van der Waals surface area contributed by atoms with Gasteiger partial charge in [-0.1, -0.05) is 6.07 Å². The van der Waals surface area contributed by atoms with Crippen molar-refractivity contribution in [2.75, 3.05) is 6.61 Å². The summed E-state index contributed by atoms with van der Waals surface area (Å²) in [4.78, 5) is 32.2. The first-order valence-electron chi connectivity index (χ1n) is 8.01. The molecular formula is C17H18F3N4O3+. The van der Waals surface area contributed by atoms with Crippen LogP contribution in [0.3, 0.4) is 0 Å². The molecule has 0 spiro atoms. The number of hydrogen-bond donors (Lipinski definition) is 2. The Balaban J connectivity index is 2.37. The predicted molar refractivity (Wildman–Crippen MR) is 87.0 cm³/mol. The van der Waals surface area contributed by atoms with Crippen LogP contribution in [0.1, 0.15) is 23.0 Å². The maximum Gasteiger partial charge on any atom is 0.478 e. The molecule has 1 atom stereocenters. The van der Waals surface area contributed by atoms with E-state index in [4.69, 9.17) is 0 Å². The van der Waals surface area contributed by atoms with Crippen molar-refractivity contribution in [1.82, 2.24) is 15.3 Å². The summed E-state index contributed by atoms with van der Waals surface area (Å²) in [5.74, 6) is -2.73. The number of quaternary nitrogens is 1. The zero-order valence-electron chi connectivity index (χ0n) is 14.4. The second kappa shape index (κ2) is 8.58. The van der Waals surface area contributed by atoms with Gasteiger partial charge in [0.15, 0.2) is 0 Å². The van der Waals surface area contributed by atoms with E-state index in [1.54, 1.807) is 17.4 Å². The van der Waals surface area contributed by atoms with Gasteiger partial charge in [-0.15, -0.1) is 0 Å². The summed E-state index contributed by atoms with van der Waals surface area (Å²) in [7, 11) is 0. The fourth-order valence-electron chi connectivity index (χ4n) is 2.26. The minimum absolute atomic E-state index is 0.123. The second-order valence-electron chi connectivity index (χ2n) is 5.45. The number of esters is 1. The van der Waals surface area contributed by atoms with Crippen LogP contribution in [0.4, 0.5) is 13.2 Å². The SMILES string of the molecule is CCOC(=O)[C@](NC(=O)c1cccnc1)([NH2+]Cc1ccccn1)C(F)(F)F. The molecule has 0 aliphatic carbocycles. The molecule has 0 saturated carbocycles. The van der Waals surface area contributed by atoms with Crippen LogP contribution in [0.2, 0.25) is 0 Å². The third-order valence-electron chi connectivity index (χ3n) is 3.62. The monoisotopic (exact) mass is 383 g/mol. The number of alkyl halides is 3. The molecule has 0 aliphatic rings. The number of hydrogen-bond acceptors (Lipinski definition) is 5. The average Bonchev–Trinajstić information content (AvgIpc) is 2.65. The Bertz CT molecular complexity index is 772. The number of ether oxygens (including phenoxy) is 1. The van der Waals surface area contributed by atoms with Gasteiger partial charge in [0.2, 0.25) is 0 Å². The zero-order chi connectivity index (χ0) is 19.9. The van der Waals surface area contributed by atoms with Crippen molar-refractivity contribution in [2.24, 2.45) is 0 Å². The van der Waals surface area contributed by atoms with Gasteiger partial charge in [-0.25, -0.2) is 4.79 Å². The normalized spacial score (nSPS) is 13.5. The number of amides is 1. The van der Waals surface area contributed by atoms with Crippen molar-refractivity contribution in [2.45, 2.75) is 25.3 Å². The van der Waals surface area contributed by atoms with Crippen LogP contribution in [0.5, 0.6) is 0 Å². The summed E-state index contributed by atoms with van der Waals surface area (Å²) in [6, 6.07) is 7.39. The summed E-state index contributed by atoms with van der Waals surface area (Å²) in [6.07, 6.45) is -1.25. The highest BCUT2D eigenvalue weighted by Crippen LogP contribution is 2.27. The van der Waals surface area contributed by atoms with Crippen molar-refractivity contribution in [3.63, 3.8) is 0 Å². The van der Waals surface area contributed by atoms with E-state index >= 15 is 0 Å². The Labute approximate surface area is 153 Å². The molecule has 0 aromatic carbocycles. The lowest BCUT2D eigenvalue weighted by Crippen LogP contribution is -3.06. The highest BCUT2D eigenvalue weighted by atomic mass is 19.4. The smallest absolute Gasteiger partial charge is 0.460 e. The Morgan fingerprint density at radius 1 is 1.19 bits per heavy atom. The minimum Gasteiger partial charge on any atom is -0.460 e. The van der Waals surface area contributed by atoms with Crippen molar-refractivity contribution in [1.29, 1.82) is 0 Å². The van der Waals surface area contributed by atoms with Gasteiger partial charge >= 0.3 is 17.8 Å². The molecule has 0 saturated heterocycles. The van der Waals surface area contributed by atoms with Crippen LogP contribution in [0, 0.1) is 0 Å². The molecule has 0 bridgehead atoms. The first-order chi connectivity index (χ1) is 12.8. The summed E-state index contributed by atoms with van der Waals surface area (Å²) in [5, 5.41) is 2.43. The van der Waals surface area contributed by atoms with Gasteiger partial charge in [0.05, 0.1) is 17.9 Å². The molecule has 3 N–H and O–H groups in total. The van der Waals surface area contributed by atoms with Gasteiger partial charge in [0.1, 0.15) is 6.54 Å². The largest absolute Gasteiger partial charge is 0.478 e. The third-order valence-corrected chi connectivity index (χ3v) is 3.62. The molecule has 0 unspecified atom stereocenters. The molecule has 27 heavy (non-hydrogen) atoms. The molecule has 2 aromatic rings. The number of nitrogens with one attached hydrogen (secondary N) is 1. The van der Waals surface area contributed by atoms with E-state index in [1.165, 1.54) is 37.5 Å². The summed E-state index contributed by atoms with van der Waals surface area (Å²) >= 11 is 0. The fraction of sp³-hybridized carbons (Fsp3) is 0.294. The number of halogens is 3. The molecular weight excluding hydrogens is 365 g/mol. The lowest BCUT2D eigenvalue weighted by Gasteiger charge is -2.31. The Kier molecular flexibility index (Phi) is 6.45. The van der Waals surface area contributed by atoms with E-state index in [1.807, 2.05) is 0 Å². The van der Waals surface area contributed by atoms with Gasteiger partial charge in [0.25, 0.3) is 5.91 Å². The molecule has 2 rings (SSSR count). The molecule has 0 aliphatic heterocycles. The van der Waals surface area contributed by atoms with E-state index in [0.717, 1.165) is 6.20 Å². The highest BCUT2D eigenvalue weighted by molar-refractivity contribution is 5.97. The number of pyridine rings is 2. The standard InChI is InChI=1S/C17H17F3N4O3/c1-2-27-15(26)16(17(18,19)20,23-11-13-7-3-4-9-22-13)24-14(25)12-6-5-8-21-10-12/h3-10,23H,2,11H2,1H3,(H,24,25)/p+1/t16-/m1/s1. The van der Waals surface area contributed by atoms with Crippen LogP contribution in [-0.4, -0.2) is 40.3 Å². The molecule has 2 aromatic heterocycles. The number of carbonyl (C=O) groups excluding carboxylic acids is 2. The predicted octanol–water partition coefficient (Wildman–Crippen LogP) is 0.792. The lowest BCUT2D eigenvalue weighted by atomic mass is 10.1. The van der Waals surface area contributed by atoms with Crippen molar-refractivity contribution >= 4 is 11.9 Å². The maximum atomic E-state index is 13.9. The Hall–Kier alpha value is -3.01. The van der Waals surface area contributed by atoms with E-state index in [2.05, 4.69) is 14.7 Å². The average molecular weight is 383 g/mol. The summed E-state index contributed by atoms with van der Waals surface area (Å²) in [5.41, 5.74) is -3.15. The quantitative estimate of drug-likeness (QED) is 0.544. The number of rotatable bonds is 7.